The lowest BCUT2D eigenvalue weighted by molar-refractivity contribution is -0.119. The molecule has 0 fully saturated rings. The van der Waals surface area contributed by atoms with Gasteiger partial charge in [-0.1, -0.05) is 13.0 Å². The molecule has 0 aliphatic rings. The molecule has 0 atom stereocenters. The lowest BCUT2D eigenvalue weighted by Gasteiger charge is -2.18. The Hall–Kier alpha value is -1.62. The third-order valence-electron chi connectivity index (χ3n) is 2.08. The molecular weight excluding hydrogens is 192 g/mol. The Morgan fingerprint density at radius 1 is 1.53 bits per heavy atom. The molecule has 4 N–H and O–H groups in total. The first kappa shape index (κ1) is 11.5. The summed E-state index contributed by atoms with van der Waals surface area (Å²) in [5.41, 5.74) is 11.6. The van der Waals surface area contributed by atoms with Crippen molar-refractivity contribution in [1.82, 2.24) is 9.88 Å². The van der Waals surface area contributed by atoms with Crippen LogP contribution in [-0.4, -0.2) is 28.9 Å². The number of carbonyl (C=O) groups is 1. The zero-order valence-electron chi connectivity index (χ0n) is 8.81. The molecule has 15 heavy (non-hydrogen) atoms. The topological polar surface area (TPSA) is 85.2 Å². The molecule has 0 aromatic carbocycles. The largest absolute Gasteiger partial charge is 0.384 e. The molecular formula is C10H16N4O. The van der Waals surface area contributed by atoms with E-state index in [2.05, 4.69) is 4.98 Å². The fourth-order valence-corrected chi connectivity index (χ4v) is 1.29. The summed E-state index contributed by atoms with van der Waals surface area (Å²) < 4.78 is 0. The highest BCUT2D eigenvalue weighted by molar-refractivity contribution is 5.75. The molecule has 0 saturated carbocycles. The molecule has 0 radical (unpaired) electrons. The van der Waals surface area contributed by atoms with Gasteiger partial charge >= 0.3 is 0 Å². The van der Waals surface area contributed by atoms with Crippen LogP contribution in [0.2, 0.25) is 0 Å². The van der Waals surface area contributed by atoms with Crippen molar-refractivity contribution < 1.29 is 4.79 Å². The molecule has 5 nitrogen and oxygen atoms in total. The summed E-state index contributed by atoms with van der Waals surface area (Å²) in [6.45, 7) is 3.68. The zero-order valence-corrected chi connectivity index (χ0v) is 8.81. The zero-order chi connectivity index (χ0) is 11.3. The molecule has 1 aromatic heterocycles. The summed E-state index contributed by atoms with van der Waals surface area (Å²) in [6.07, 6.45) is 1.71. The average molecular weight is 208 g/mol. The highest BCUT2D eigenvalue weighted by Gasteiger charge is 2.06. The molecule has 0 saturated heterocycles. The Kier molecular flexibility index (Phi) is 4.05. The van der Waals surface area contributed by atoms with Gasteiger partial charge in [0.15, 0.2) is 0 Å². The standard InChI is InChI=1S/C10H16N4O/c1-2-14(7-10(12)15)6-8-3-4-9(11)13-5-8/h3-5H,2,6-7H2,1H3,(H2,11,13)(H2,12,15). The first-order valence-corrected chi connectivity index (χ1v) is 4.83. The molecule has 0 spiro atoms. The van der Waals surface area contributed by atoms with Crippen molar-refractivity contribution in [1.29, 1.82) is 0 Å². The minimum Gasteiger partial charge on any atom is -0.384 e. The second-order valence-corrected chi connectivity index (χ2v) is 3.36. The number of nitrogens with two attached hydrogens (primary N) is 2. The van der Waals surface area contributed by atoms with E-state index < -0.39 is 0 Å². The summed E-state index contributed by atoms with van der Waals surface area (Å²) >= 11 is 0. The van der Waals surface area contributed by atoms with E-state index in [1.807, 2.05) is 17.9 Å². The molecule has 0 aliphatic heterocycles. The lowest BCUT2D eigenvalue weighted by Crippen LogP contribution is -2.33. The molecule has 1 heterocycles. The van der Waals surface area contributed by atoms with E-state index in [9.17, 15) is 4.79 Å². The van der Waals surface area contributed by atoms with Gasteiger partial charge < -0.3 is 11.5 Å². The van der Waals surface area contributed by atoms with E-state index in [1.54, 1.807) is 12.3 Å². The summed E-state index contributed by atoms with van der Waals surface area (Å²) in [7, 11) is 0. The number of nitrogens with zero attached hydrogens (tertiary/aromatic N) is 2. The first-order chi connectivity index (χ1) is 7.11. The van der Waals surface area contributed by atoms with Crippen molar-refractivity contribution in [3.05, 3.63) is 23.9 Å². The van der Waals surface area contributed by atoms with Crippen LogP contribution in [0.25, 0.3) is 0 Å². The Bertz CT molecular complexity index is 323. The predicted molar refractivity (Wildman–Crippen MR) is 58.8 cm³/mol. The number of nitrogen functional groups attached to an aromatic ring is 1. The fraction of sp³-hybridized carbons (Fsp3) is 0.400. The number of aromatic nitrogens is 1. The monoisotopic (exact) mass is 208 g/mol. The van der Waals surface area contributed by atoms with E-state index in [1.165, 1.54) is 0 Å². The van der Waals surface area contributed by atoms with E-state index in [0.29, 0.717) is 12.4 Å². The predicted octanol–water partition coefficient (Wildman–Crippen LogP) is -0.0290. The van der Waals surface area contributed by atoms with E-state index in [-0.39, 0.29) is 12.5 Å². The maximum atomic E-state index is 10.8. The number of carbonyl (C=O) groups excluding carboxylic acids is 1. The van der Waals surface area contributed by atoms with Crippen LogP contribution >= 0.6 is 0 Å². The van der Waals surface area contributed by atoms with Gasteiger partial charge in [0.05, 0.1) is 6.54 Å². The normalized spacial score (nSPS) is 10.5. The molecule has 5 heteroatoms. The van der Waals surface area contributed by atoms with Gasteiger partial charge in [-0.05, 0) is 18.2 Å². The van der Waals surface area contributed by atoms with Gasteiger partial charge in [0.1, 0.15) is 5.82 Å². The van der Waals surface area contributed by atoms with Gasteiger partial charge in [-0.15, -0.1) is 0 Å². The Morgan fingerprint density at radius 3 is 2.73 bits per heavy atom. The van der Waals surface area contributed by atoms with Crippen molar-refractivity contribution >= 4 is 11.7 Å². The average Bonchev–Trinajstić information content (AvgIpc) is 2.19. The van der Waals surface area contributed by atoms with Gasteiger partial charge in [-0.2, -0.15) is 0 Å². The van der Waals surface area contributed by atoms with Crippen LogP contribution in [0.3, 0.4) is 0 Å². The van der Waals surface area contributed by atoms with Crippen molar-refractivity contribution in [2.75, 3.05) is 18.8 Å². The number of hydrogen-bond acceptors (Lipinski definition) is 4. The van der Waals surface area contributed by atoms with Crippen LogP contribution in [-0.2, 0) is 11.3 Å². The fourth-order valence-electron chi connectivity index (χ4n) is 1.29. The highest BCUT2D eigenvalue weighted by atomic mass is 16.1. The maximum Gasteiger partial charge on any atom is 0.231 e. The minimum atomic E-state index is -0.319. The smallest absolute Gasteiger partial charge is 0.231 e. The second kappa shape index (κ2) is 5.31. The van der Waals surface area contributed by atoms with Gasteiger partial charge in [0.2, 0.25) is 5.91 Å². The molecule has 0 bridgehead atoms. The van der Waals surface area contributed by atoms with E-state index in [4.69, 9.17) is 11.5 Å². The van der Waals surface area contributed by atoms with Crippen molar-refractivity contribution in [2.24, 2.45) is 5.73 Å². The van der Waals surface area contributed by atoms with Crippen LogP contribution in [0.15, 0.2) is 18.3 Å². The van der Waals surface area contributed by atoms with Crippen molar-refractivity contribution in [3.8, 4) is 0 Å². The SMILES string of the molecule is CCN(CC(N)=O)Cc1ccc(N)nc1. The molecule has 0 unspecified atom stereocenters. The summed E-state index contributed by atoms with van der Waals surface area (Å²) in [6, 6.07) is 3.64. The highest BCUT2D eigenvalue weighted by Crippen LogP contribution is 2.04. The number of likely N-dealkylation sites (N-methyl/N-ethyl adjacent to an activating group) is 1. The first-order valence-electron chi connectivity index (χ1n) is 4.83. The van der Waals surface area contributed by atoms with Crippen LogP contribution in [0.5, 0.6) is 0 Å². The Balaban J connectivity index is 2.58. The summed E-state index contributed by atoms with van der Waals surface area (Å²) in [5, 5.41) is 0. The van der Waals surface area contributed by atoms with E-state index in [0.717, 1.165) is 12.1 Å². The number of anilines is 1. The molecule has 82 valence electrons. The quantitative estimate of drug-likeness (QED) is 0.711. The third-order valence-corrected chi connectivity index (χ3v) is 2.08. The minimum absolute atomic E-state index is 0.265. The Labute approximate surface area is 89.1 Å². The number of hydrogen-bond donors (Lipinski definition) is 2. The van der Waals surface area contributed by atoms with Gasteiger partial charge in [0.25, 0.3) is 0 Å². The third kappa shape index (κ3) is 3.95. The summed E-state index contributed by atoms with van der Waals surface area (Å²) in [4.78, 5) is 16.7. The number of rotatable bonds is 5. The lowest BCUT2D eigenvalue weighted by atomic mass is 10.2. The van der Waals surface area contributed by atoms with E-state index >= 15 is 0 Å². The number of primary amides is 1. The second-order valence-electron chi connectivity index (χ2n) is 3.36. The van der Waals surface area contributed by atoms with Crippen LogP contribution in [0, 0.1) is 0 Å². The maximum absolute atomic E-state index is 10.8. The van der Waals surface area contributed by atoms with Gasteiger partial charge in [0, 0.05) is 12.7 Å². The van der Waals surface area contributed by atoms with Crippen molar-refractivity contribution in [2.45, 2.75) is 13.5 Å². The summed E-state index contributed by atoms with van der Waals surface area (Å²) in [5.74, 6) is 0.178. The molecule has 1 amide bonds. The van der Waals surface area contributed by atoms with Gasteiger partial charge in [-0.25, -0.2) is 4.98 Å². The molecule has 1 aromatic rings. The van der Waals surface area contributed by atoms with Crippen LogP contribution in [0.4, 0.5) is 5.82 Å². The number of pyridine rings is 1. The van der Waals surface area contributed by atoms with Crippen LogP contribution in [0.1, 0.15) is 12.5 Å². The van der Waals surface area contributed by atoms with Crippen molar-refractivity contribution in [3.63, 3.8) is 0 Å². The number of amides is 1. The van der Waals surface area contributed by atoms with Crippen LogP contribution < -0.4 is 11.5 Å². The molecule has 1 rings (SSSR count). The molecule has 0 aliphatic carbocycles. The van der Waals surface area contributed by atoms with Gasteiger partial charge in [-0.3, -0.25) is 9.69 Å². The Morgan fingerprint density at radius 2 is 2.27 bits per heavy atom.